The number of carbonyl (C=O) groups excluding carboxylic acids is 1. The van der Waals surface area contributed by atoms with E-state index >= 15 is 0 Å². The molecule has 5 rings (SSSR count). The summed E-state index contributed by atoms with van der Waals surface area (Å²) in [5, 5.41) is 32.3. The summed E-state index contributed by atoms with van der Waals surface area (Å²) in [5.41, 5.74) is 0.425. The Morgan fingerprint density at radius 3 is 2.41 bits per heavy atom. The van der Waals surface area contributed by atoms with Gasteiger partial charge in [-0.1, -0.05) is 42.5 Å². The lowest BCUT2D eigenvalue weighted by Crippen LogP contribution is -2.12. The highest BCUT2D eigenvalue weighted by molar-refractivity contribution is 7.89. The number of benzene rings is 3. The van der Waals surface area contributed by atoms with Crippen LogP contribution in [0.4, 0.5) is 17.2 Å². The van der Waals surface area contributed by atoms with Crippen LogP contribution in [0.25, 0.3) is 16.7 Å². The van der Waals surface area contributed by atoms with E-state index in [0.717, 1.165) is 10.9 Å². The Morgan fingerprint density at radius 2 is 1.68 bits per heavy atom. The predicted molar refractivity (Wildman–Crippen MR) is 135 cm³/mol. The Balaban J connectivity index is 1.64. The highest BCUT2D eigenvalue weighted by Gasteiger charge is 2.23. The molecule has 0 atom stereocenters. The minimum atomic E-state index is -4.25. The van der Waals surface area contributed by atoms with Crippen LogP contribution in [0.5, 0.6) is 5.75 Å². The van der Waals surface area contributed by atoms with Crippen LogP contribution in [-0.4, -0.2) is 39.2 Å². The molecular weight excluding hydrogens is 496 g/mol. The third-order valence-corrected chi connectivity index (χ3v) is 6.17. The second kappa shape index (κ2) is 9.56. The summed E-state index contributed by atoms with van der Waals surface area (Å²) in [6.07, 6.45) is 3.88. The van der Waals surface area contributed by atoms with Crippen molar-refractivity contribution in [3.63, 3.8) is 0 Å². The minimum absolute atomic E-state index is 0.0250. The first kappa shape index (κ1) is 23.7. The summed E-state index contributed by atoms with van der Waals surface area (Å²) in [7, 11) is -4.25. The van der Waals surface area contributed by atoms with Gasteiger partial charge in [0, 0.05) is 18.1 Å². The fourth-order valence-corrected chi connectivity index (χ4v) is 4.19. The molecule has 0 aliphatic heterocycles. The number of fused-ring (bicyclic) bond motifs is 1. The molecule has 0 unspecified atom stereocenters. The molecule has 0 spiro atoms. The number of aromatic hydroxyl groups is 1. The van der Waals surface area contributed by atoms with E-state index in [9.17, 15) is 18.3 Å². The Labute approximate surface area is 210 Å². The van der Waals surface area contributed by atoms with E-state index in [1.807, 2.05) is 6.07 Å². The number of amides is 1. The van der Waals surface area contributed by atoms with Crippen molar-refractivity contribution < 1.29 is 18.3 Å². The quantitative estimate of drug-likeness (QED) is 0.288. The molecule has 1 amide bonds. The van der Waals surface area contributed by atoms with Crippen molar-refractivity contribution >= 4 is 43.9 Å². The summed E-state index contributed by atoms with van der Waals surface area (Å²) in [6.45, 7) is 0. The van der Waals surface area contributed by atoms with Gasteiger partial charge in [-0.3, -0.25) is 4.79 Å². The van der Waals surface area contributed by atoms with Gasteiger partial charge in [0.25, 0.3) is 11.9 Å². The number of aromatic nitrogens is 4. The molecule has 2 aromatic heterocycles. The standard InChI is InChI=1S/C24H18N8O4S/c25-37(35,36)19-14-28-32(24-26-11-6-12-27-24)22(19)31-30-18-13-15-7-4-5-10-17(15)20(21(18)33)23(34)29-16-8-2-1-3-9-16/h1-14,33H,(H,29,34)(H2,25,35,36)/b31-30+. The van der Waals surface area contributed by atoms with Crippen molar-refractivity contribution in [3.8, 4) is 11.7 Å². The van der Waals surface area contributed by atoms with E-state index in [4.69, 9.17) is 5.14 Å². The van der Waals surface area contributed by atoms with Gasteiger partial charge in [0.1, 0.15) is 10.6 Å². The third kappa shape index (κ3) is 4.76. The number of phenolic OH excluding ortho intramolecular Hbond substituents is 1. The van der Waals surface area contributed by atoms with E-state index in [2.05, 4.69) is 30.6 Å². The Morgan fingerprint density at radius 1 is 0.973 bits per heavy atom. The Bertz CT molecular complexity index is 1750. The first-order valence-electron chi connectivity index (χ1n) is 10.7. The van der Waals surface area contributed by atoms with Crippen LogP contribution in [-0.2, 0) is 10.0 Å². The number of anilines is 1. The smallest absolute Gasteiger partial charge is 0.260 e. The molecule has 12 nitrogen and oxygen atoms in total. The first-order chi connectivity index (χ1) is 17.8. The summed E-state index contributed by atoms with van der Waals surface area (Å²) < 4.78 is 25.3. The number of nitrogens with two attached hydrogens (primary N) is 1. The molecule has 0 radical (unpaired) electrons. The molecule has 0 aliphatic carbocycles. The Hall–Kier alpha value is -5.01. The maximum absolute atomic E-state index is 13.2. The monoisotopic (exact) mass is 514 g/mol. The molecule has 4 N–H and O–H groups in total. The zero-order valence-electron chi connectivity index (χ0n) is 18.9. The molecule has 184 valence electrons. The van der Waals surface area contributed by atoms with Gasteiger partial charge in [-0.05, 0) is 35.0 Å². The van der Waals surface area contributed by atoms with Crippen LogP contribution in [0.3, 0.4) is 0 Å². The number of carbonyl (C=O) groups is 1. The number of rotatable bonds is 6. The zero-order chi connectivity index (χ0) is 26.0. The molecule has 0 saturated heterocycles. The summed E-state index contributed by atoms with van der Waals surface area (Å²) >= 11 is 0. The van der Waals surface area contributed by atoms with Crippen molar-refractivity contribution in [1.29, 1.82) is 0 Å². The third-order valence-electron chi connectivity index (χ3n) is 5.27. The van der Waals surface area contributed by atoms with Crippen LogP contribution >= 0.6 is 0 Å². The summed E-state index contributed by atoms with van der Waals surface area (Å²) in [6, 6.07) is 18.8. The summed E-state index contributed by atoms with van der Waals surface area (Å²) in [4.78, 5) is 20.9. The van der Waals surface area contributed by atoms with Gasteiger partial charge in [-0.25, -0.2) is 23.5 Å². The van der Waals surface area contributed by atoms with E-state index in [0.29, 0.717) is 16.5 Å². The summed E-state index contributed by atoms with van der Waals surface area (Å²) in [5.74, 6) is -1.27. The average Bonchev–Trinajstić information content (AvgIpc) is 3.33. The van der Waals surface area contributed by atoms with E-state index in [-0.39, 0.29) is 23.0 Å². The minimum Gasteiger partial charge on any atom is -0.505 e. The van der Waals surface area contributed by atoms with Crippen LogP contribution < -0.4 is 10.5 Å². The number of hydrogen-bond donors (Lipinski definition) is 3. The van der Waals surface area contributed by atoms with Crippen LogP contribution in [0.1, 0.15) is 10.4 Å². The lowest BCUT2D eigenvalue weighted by Gasteiger charge is -2.12. The van der Waals surface area contributed by atoms with Gasteiger partial charge in [-0.2, -0.15) is 9.78 Å². The number of nitrogens with one attached hydrogen (secondary N) is 1. The predicted octanol–water partition coefficient (Wildman–Crippen LogP) is 3.84. The van der Waals surface area contributed by atoms with E-state index in [1.54, 1.807) is 54.6 Å². The lowest BCUT2D eigenvalue weighted by atomic mass is 10.0. The molecule has 0 saturated carbocycles. The number of nitrogens with zero attached hydrogens (tertiary/aromatic N) is 6. The second-order valence-electron chi connectivity index (χ2n) is 7.70. The number of sulfonamides is 1. The van der Waals surface area contributed by atoms with Crippen LogP contribution in [0, 0.1) is 0 Å². The highest BCUT2D eigenvalue weighted by atomic mass is 32.2. The van der Waals surface area contributed by atoms with E-state index in [1.165, 1.54) is 18.5 Å². The molecule has 5 aromatic rings. The zero-order valence-corrected chi connectivity index (χ0v) is 19.7. The number of para-hydroxylation sites is 1. The SMILES string of the molecule is NS(=O)(=O)c1cnn(-c2ncccn2)c1/N=N/c1cc2ccccc2c(C(=O)Nc2ccccc2)c1O. The van der Waals surface area contributed by atoms with Crippen LogP contribution in [0.2, 0.25) is 0 Å². The number of azo groups is 1. The maximum atomic E-state index is 13.2. The topological polar surface area (TPSA) is 178 Å². The molecule has 0 bridgehead atoms. The van der Waals surface area contributed by atoms with Gasteiger partial charge in [0.15, 0.2) is 5.75 Å². The van der Waals surface area contributed by atoms with Gasteiger partial charge < -0.3 is 10.4 Å². The number of primary sulfonamides is 1. The lowest BCUT2D eigenvalue weighted by molar-refractivity contribution is 0.102. The van der Waals surface area contributed by atoms with Crippen molar-refractivity contribution in [3.05, 3.63) is 90.9 Å². The molecule has 0 aliphatic rings. The normalized spacial score (nSPS) is 11.7. The van der Waals surface area contributed by atoms with Crippen molar-refractivity contribution in [2.45, 2.75) is 4.90 Å². The average molecular weight is 515 g/mol. The molecular formula is C24H18N8O4S. The van der Waals surface area contributed by atoms with Gasteiger partial charge in [0.05, 0.1) is 11.8 Å². The fraction of sp³-hybridized carbons (Fsp3) is 0. The van der Waals surface area contributed by atoms with Crippen molar-refractivity contribution in [2.24, 2.45) is 15.4 Å². The molecule has 0 fully saturated rings. The first-order valence-corrected chi connectivity index (χ1v) is 12.3. The number of hydrogen-bond acceptors (Lipinski definition) is 9. The maximum Gasteiger partial charge on any atom is 0.260 e. The van der Waals surface area contributed by atoms with Gasteiger partial charge >= 0.3 is 0 Å². The van der Waals surface area contributed by atoms with Crippen molar-refractivity contribution in [1.82, 2.24) is 19.7 Å². The van der Waals surface area contributed by atoms with Crippen molar-refractivity contribution in [2.75, 3.05) is 5.32 Å². The molecule has 13 heteroatoms. The Kier molecular flexibility index (Phi) is 6.13. The largest absolute Gasteiger partial charge is 0.505 e. The molecule has 2 heterocycles. The highest BCUT2D eigenvalue weighted by Crippen LogP contribution is 2.38. The van der Waals surface area contributed by atoms with Crippen LogP contribution in [0.15, 0.2) is 100 Å². The molecule has 37 heavy (non-hydrogen) atoms. The fourth-order valence-electron chi connectivity index (χ4n) is 3.61. The van der Waals surface area contributed by atoms with Gasteiger partial charge in [-0.15, -0.1) is 10.2 Å². The van der Waals surface area contributed by atoms with E-state index < -0.39 is 26.6 Å². The second-order valence-corrected chi connectivity index (χ2v) is 9.23. The van der Waals surface area contributed by atoms with Gasteiger partial charge in [0.2, 0.25) is 15.8 Å². The molecule has 3 aromatic carbocycles. The number of phenols is 1.